The van der Waals surface area contributed by atoms with Crippen molar-refractivity contribution in [1.82, 2.24) is 9.58 Å². The molecule has 1 aromatic heterocycles. The lowest BCUT2D eigenvalue weighted by molar-refractivity contribution is 0.0634. The predicted molar refractivity (Wildman–Crippen MR) is 114 cm³/mol. The van der Waals surface area contributed by atoms with Crippen LogP contribution in [0.3, 0.4) is 0 Å². The average Bonchev–Trinajstić information content (AvgIpc) is 2.75. The van der Waals surface area contributed by atoms with Crippen LogP contribution in [0.4, 0.5) is 5.69 Å². The number of pyridine rings is 1. The van der Waals surface area contributed by atoms with E-state index in [1.54, 1.807) is 28.7 Å². The SMILES string of the molecule is COCCN1CN(C)n2cc(C(=O)Nc3cccc4c3CCCC4)c(=O)cc2C1=O. The van der Waals surface area contributed by atoms with Gasteiger partial charge in [-0.2, -0.15) is 0 Å². The number of methoxy groups -OCH3 is 1. The van der Waals surface area contributed by atoms with E-state index in [0.717, 1.165) is 36.9 Å². The molecule has 1 aliphatic heterocycles. The normalized spacial score (nSPS) is 15.6. The molecule has 2 heterocycles. The van der Waals surface area contributed by atoms with Gasteiger partial charge in [-0.05, 0) is 42.9 Å². The summed E-state index contributed by atoms with van der Waals surface area (Å²) in [6.45, 7) is 1.17. The molecule has 2 aromatic rings. The van der Waals surface area contributed by atoms with Crippen molar-refractivity contribution in [1.29, 1.82) is 0 Å². The molecule has 8 heteroatoms. The Morgan fingerprint density at radius 1 is 1.20 bits per heavy atom. The molecule has 2 amide bonds. The van der Waals surface area contributed by atoms with Crippen molar-refractivity contribution < 1.29 is 14.3 Å². The summed E-state index contributed by atoms with van der Waals surface area (Å²) in [4.78, 5) is 40.0. The molecule has 8 nitrogen and oxygen atoms in total. The highest BCUT2D eigenvalue weighted by atomic mass is 16.5. The first kappa shape index (κ1) is 20.2. The Morgan fingerprint density at radius 3 is 2.80 bits per heavy atom. The van der Waals surface area contributed by atoms with Gasteiger partial charge in [0.05, 0.1) is 6.61 Å². The molecule has 1 aliphatic carbocycles. The van der Waals surface area contributed by atoms with Crippen molar-refractivity contribution in [3.8, 4) is 0 Å². The van der Waals surface area contributed by atoms with Crippen molar-refractivity contribution in [2.45, 2.75) is 25.7 Å². The van der Waals surface area contributed by atoms with Gasteiger partial charge in [-0.3, -0.25) is 24.1 Å². The van der Waals surface area contributed by atoms with Gasteiger partial charge >= 0.3 is 0 Å². The zero-order valence-corrected chi connectivity index (χ0v) is 17.3. The third-order valence-corrected chi connectivity index (χ3v) is 5.74. The standard InChI is InChI=1S/C22H26N4O4/c1-24-14-25(10-11-30-2)22(29)19-12-20(27)17(13-26(19)24)21(28)23-18-9-5-7-15-6-3-4-8-16(15)18/h5,7,9,12-13H,3-4,6,8,10-11,14H2,1-2H3,(H,23,28). The monoisotopic (exact) mass is 410 g/mol. The first-order valence-electron chi connectivity index (χ1n) is 10.2. The summed E-state index contributed by atoms with van der Waals surface area (Å²) in [5.74, 6) is -0.719. The predicted octanol–water partition coefficient (Wildman–Crippen LogP) is 1.61. The van der Waals surface area contributed by atoms with Crippen LogP contribution in [-0.4, -0.2) is 55.4 Å². The van der Waals surface area contributed by atoms with Crippen molar-refractivity contribution >= 4 is 17.5 Å². The number of nitrogens with zero attached hydrogens (tertiary/aromatic N) is 3. The molecular formula is C22H26N4O4. The zero-order chi connectivity index (χ0) is 21.3. The average molecular weight is 410 g/mol. The number of carbonyl (C=O) groups is 2. The maximum Gasteiger partial charge on any atom is 0.274 e. The topological polar surface area (TPSA) is 83.9 Å². The molecule has 0 unspecified atom stereocenters. The molecule has 4 rings (SSSR count). The summed E-state index contributed by atoms with van der Waals surface area (Å²) in [5.41, 5.74) is 2.93. The number of aromatic nitrogens is 1. The van der Waals surface area contributed by atoms with E-state index in [4.69, 9.17) is 4.74 Å². The molecular weight excluding hydrogens is 384 g/mol. The number of carbonyl (C=O) groups excluding carboxylic acids is 2. The summed E-state index contributed by atoms with van der Waals surface area (Å²) in [6.07, 6.45) is 5.62. The molecule has 0 fully saturated rings. The van der Waals surface area contributed by atoms with Gasteiger partial charge in [-0.15, -0.1) is 0 Å². The lowest BCUT2D eigenvalue weighted by atomic mass is 9.90. The van der Waals surface area contributed by atoms with Crippen LogP contribution in [0.15, 0.2) is 35.3 Å². The quantitative estimate of drug-likeness (QED) is 0.810. The van der Waals surface area contributed by atoms with Gasteiger partial charge in [0.2, 0.25) is 0 Å². The fraction of sp³-hybridized carbons (Fsp3) is 0.409. The van der Waals surface area contributed by atoms with Crippen LogP contribution in [0.2, 0.25) is 0 Å². The van der Waals surface area contributed by atoms with Crippen molar-refractivity contribution in [3.05, 3.63) is 63.1 Å². The Morgan fingerprint density at radius 2 is 2.00 bits per heavy atom. The van der Waals surface area contributed by atoms with E-state index < -0.39 is 11.3 Å². The highest BCUT2D eigenvalue weighted by Crippen LogP contribution is 2.28. The van der Waals surface area contributed by atoms with Crippen LogP contribution in [0.1, 0.15) is 44.8 Å². The van der Waals surface area contributed by atoms with Crippen LogP contribution in [-0.2, 0) is 17.6 Å². The number of benzene rings is 1. The molecule has 1 aromatic carbocycles. The van der Waals surface area contributed by atoms with Crippen LogP contribution < -0.4 is 15.8 Å². The summed E-state index contributed by atoms with van der Waals surface area (Å²) < 4.78 is 6.62. The van der Waals surface area contributed by atoms with Crippen LogP contribution >= 0.6 is 0 Å². The number of aryl methyl sites for hydroxylation is 1. The number of amides is 2. The van der Waals surface area contributed by atoms with Gasteiger partial charge in [0, 0.05) is 38.7 Å². The molecule has 0 bridgehead atoms. The van der Waals surface area contributed by atoms with Crippen molar-refractivity contribution in [2.75, 3.05) is 44.3 Å². The van der Waals surface area contributed by atoms with E-state index in [1.165, 1.54) is 17.8 Å². The third kappa shape index (κ3) is 3.70. The number of anilines is 1. The molecule has 1 N–H and O–H groups in total. The Hall–Kier alpha value is -3.13. The van der Waals surface area contributed by atoms with Crippen LogP contribution in [0, 0.1) is 0 Å². The molecule has 2 aliphatic rings. The van der Waals surface area contributed by atoms with E-state index in [2.05, 4.69) is 11.4 Å². The minimum absolute atomic E-state index is 0.0113. The highest BCUT2D eigenvalue weighted by Gasteiger charge is 2.29. The second-order valence-corrected chi connectivity index (χ2v) is 7.75. The number of hydrogen-bond donors (Lipinski definition) is 1. The first-order valence-corrected chi connectivity index (χ1v) is 10.2. The second kappa shape index (κ2) is 8.31. The van der Waals surface area contributed by atoms with E-state index >= 15 is 0 Å². The van der Waals surface area contributed by atoms with E-state index in [1.807, 2.05) is 12.1 Å². The number of ether oxygens (including phenoxy) is 1. The summed E-state index contributed by atoms with van der Waals surface area (Å²) in [6, 6.07) is 7.14. The zero-order valence-electron chi connectivity index (χ0n) is 17.3. The maximum absolute atomic E-state index is 12.9. The number of nitrogens with one attached hydrogen (secondary N) is 1. The molecule has 0 saturated heterocycles. The van der Waals surface area contributed by atoms with Gasteiger partial charge in [0.15, 0.2) is 5.43 Å². The minimum Gasteiger partial charge on any atom is -0.383 e. The van der Waals surface area contributed by atoms with E-state index in [9.17, 15) is 14.4 Å². The third-order valence-electron chi connectivity index (χ3n) is 5.74. The lowest BCUT2D eigenvalue weighted by Crippen LogP contribution is -2.53. The molecule has 0 saturated carbocycles. The number of rotatable bonds is 5. The first-order chi connectivity index (χ1) is 14.5. The number of hydrogen-bond acceptors (Lipinski definition) is 5. The van der Waals surface area contributed by atoms with Gasteiger partial charge < -0.3 is 15.0 Å². The minimum atomic E-state index is -0.473. The molecule has 0 atom stereocenters. The van der Waals surface area contributed by atoms with Gasteiger partial charge in [-0.25, -0.2) is 0 Å². The summed E-state index contributed by atoms with van der Waals surface area (Å²) in [7, 11) is 3.38. The highest BCUT2D eigenvalue weighted by molar-refractivity contribution is 6.05. The van der Waals surface area contributed by atoms with E-state index in [-0.39, 0.29) is 17.2 Å². The Labute approximate surface area is 175 Å². The Kier molecular flexibility index (Phi) is 5.59. The second-order valence-electron chi connectivity index (χ2n) is 7.75. The Bertz CT molecular complexity index is 1050. The smallest absolute Gasteiger partial charge is 0.274 e. The van der Waals surface area contributed by atoms with E-state index in [0.29, 0.717) is 19.8 Å². The van der Waals surface area contributed by atoms with Gasteiger partial charge in [0.25, 0.3) is 11.8 Å². The largest absolute Gasteiger partial charge is 0.383 e. The molecule has 0 radical (unpaired) electrons. The van der Waals surface area contributed by atoms with Gasteiger partial charge in [0.1, 0.15) is 17.9 Å². The van der Waals surface area contributed by atoms with Gasteiger partial charge in [-0.1, -0.05) is 12.1 Å². The fourth-order valence-corrected chi connectivity index (χ4v) is 4.14. The van der Waals surface area contributed by atoms with Crippen molar-refractivity contribution in [2.24, 2.45) is 0 Å². The lowest BCUT2D eigenvalue weighted by Gasteiger charge is -2.37. The van der Waals surface area contributed by atoms with Crippen molar-refractivity contribution in [3.63, 3.8) is 0 Å². The number of fused-ring (bicyclic) bond motifs is 2. The molecule has 30 heavy (non-hydrogen) atoms. The summed E-state index contributed by atoms with van der Waals surface area (Å²) in [5, 5.41) is 4.70. The van der Waals surface area contributed by atoms with Crippen LogP contribution in [0.5, 0.6) is 0 Å². The Balaban J connectivity index is 1.62. The molecule has 158 valence electrons. The van der Waals surface area contributed by atoms with Crippen LogP contribution in [0.25, 0.3) is 0 Å². The maximum atomic E-state index is 12.9. The fourth-order valence-electron chi connectivity index (χ4n) is 4.14. The molecule has 0 spiro atoms. The summed E-state index contributed by atoms with van der Waals surface area (Å²) >= 11 is 0.